The fraction of sp³-hybridized carbons (Fsp3) is 0.133. The topological polar surface area (TPSA) is 83.1 Å². The molecule has 0 aliphatic rings. The highest BCUT2D eigenvalue weighted by molar-refractivity contribution is 5.95. The summed E-state index contributed by atoms with van der Waals surface area (Å²) in [6.45, 7) is 1.81. The molecule has 1 unspecified atom stereocenters. The van der Waals surface area contributed by atoms with Crippen LogP contribution in [0.4, 0.5) is 4.79 Å². The van der Waals surface area contributed by atoms with E-state index in [4.69, 9.17) is 0 Å². The number of urea groups is 1. The van der Waals surface area contributed by atoms with Crippen molar-refractivity contribution >= 4 is 11.9 Å². The average molecular weight is 284 g/mol. The van der Waals surface area contributed by atoms with Crippen molar-refractivity contribution in [2.24, 2.45) is 0 Å². The van der Waals surface area contributed by atoms with Gasteiger partial charge in [-0.3, -0.25) is 15.2 Å². The van der Waals surface area contributed by atoms with Crippen LogP contribution in [-0.2, 0) is 0 Å². The van der Waals surface area contributed by atoms with Crippen LogP contribution in [0.25, 0.3) is 0 Å². The Hall–Kier alpha value is -2.89. The second-order valence-corrected chi connectivity index (χ2v) is 4.39. The van der Waals surface area contributed by atoms with Crippen LogP contribution in [0.2, 0.25) is 0 Å². The van der Waals surface area contributed by atoms with Gasteiger partial charge in [-0.2, -0.15) is 0 Å². The van der Waals surface area contributed by atoms with E-state index in [1.54, 1.807) is 43.5 Å². The number of hydrogen-bond donors (Lipinski definition) is 3. The quantitative estimate of drug-likeness (QED) is 0.751. The van der Waals surface area contributed by atoms with Crippen molar-refractivity contribution in [3.05, 3.63) is 66.0 Å². The van der Waals surface area contributed by atoms with Crippen molar-refractivity contribution in [2.75, 3.05) is 0 Å². The van der Waals surface area contributed by atoms with Crippen LogP contribution in [0.5, 0.6) is 0 Å². The lowest BCUT2D eigenvalue weighted by molar-refractivity contribution is 0.0936. The molecule has 3 N–H and O–H groups in total. The predicted molar refractivity (Wildman–Crippen MR) is 78.2 cm³/mol. The van der Waals surface area contributed by atoms with Crippen LogP contribution in [0, 0.1) is 0 Å². The smallest absolute Gasteiger partial charge is 0.329 e. The average Bonchev–Trinajstić information content (AvgIpc) is 2.54. The molecule has 0 fully saturated rings. The normalized spacial score (nSPS) is 11.3. The summed E-state index contributed by atoms with van der Waals surface area (Å²) in [6.07, 6.45) is 1.66. The SMILES string of the molecule is CC(NC(=O)NNC(=O)c1ccccc1)c1ccccn1. The highest BCUT2D eigenvalue weighted by atomic mass is 16.2. The molecule has 1 aromatic carbocycles. The monoisotopic (exact) mass is 284 g/mol. The third-order valence-corrected chi connectivity index (χ3v) is 2.80. The van der Waals surface area contributed by atoms with E-state index in [1.165, 1.54) is 0 Å². The van der Waals surface area contributed by atoms with Gasteiger partial charge in [-0.1, -0.05) is 24.3 Å². The summed E-state index contributed by atoms with van der Waals surface area (Å²) >= 11 is 0. The Morgan fingerprint density at radius 3 is 2.38 bits per heavy atom. The Bertz CT molecular complexity index is 602. The summed E-state index contributed by atoms with van der Waals surface area (Å²) in [7, 11) is 0. The van der Waals surface area contributed by atoms with Crippen LogP contribution in [0.15, 0.2) is 54.7 Å². The van der Waals surface area contributed by atoms with Crippen molar-refractivity contribution in [3.8, 4) is 0 Å². The lowest BCUT2D eigenvalue weighted by Crippen LogP contribution is -2.47. The minimum atomic E-state index is -0.502. The Morgan fingerprint density at radius 1 is 1.00 bits per heavy atom. The number of carbonyl (C=O) groups excluding carboxylic acids is 2. The number of benzene rings is 1. The molecule has 0 radical (unpaired) electrons. The van der Waals surface area contributed by atoms with Gasteiger partial charge >= 0.3 is 6.03 Å². The van der Waals surface area contributed by atoms with E-state index < -0.39 is 6.03 Å². The fourth-order valence-electron chi connectivity index (χ4n) is 1.71. The molecule has 0 bridgehead atoms. The molecular weight excluding hydrogens is 268 g/mol. The number of hydrogen-bond acceptors (Lipinski definition) is 3. The van der Waals surface area contributed by atoms with Gasteiger partial charge in [-0.25, -0.2) is 10.2 Å². The molecule has 0 aliphatic carbocycles. The standard InChI is InChI=1S/C15H16N4O2/c1-11(13-9-5-6-10-16-13)17-15(21)19-18-14(20)12-7-3-2-4-8-12/h2-11H,1H3,(H,18,20)(H2,17,19,21). The highest BCUT2D eigenvalue weighted by Crippen LogP contribution is 2.06. The molecule has 0 saturated heterocycles. The number of pyridine rings is 1. The number of nitrogens with one attached hydrogen (secondary N) is 3. The highest BCUT2D eigenvalue weighted by Gasteiger charge is 2.11. The summed E-state index contributed by atoms with van der Waals surface area (Å²) < 4.78 is 0. The van der Waals surface area contributed by atoms with Gasteiger partial charge < -0.3 is 5.32 Å². The molecule has 1 aromatic heterocycles. The first kappa shape index (κ1) is 14.5. The van der Waals surface area contributed by atoms with Gasteiger partial charge in [0.1, 0.15) is 0 Å². The third kappa shape index (κ3) is 4.31. The van der Waals surface area contributed by atoms with Crippen molar-refractivity contribution in [1.82, 2.24) is 21.2 Å². The van der Waals surface area contributed by atoms with Crippen molar-refractivity contribution in [2.45, 2.75) is 13.0 Å². The maximum absolute atomic E-state index is 11.7. The third-order valence-electron chi connectivity index (χ3n) is 2.80. The van der Waals surface area contributed by atoms with Gasteiger partial charge in [-0.05, 0) is 31.2 Å². The van der Waals surface area contributed by atoms with Gasteiger partial charge in [0, 0.05) is 11.8 Å². The van der Waals surface area contributed by atoms with Crippen LogP contribution >= 0.6 is 0 Å². The second kappa shape index (κ2) is 7.04. The number of aromatic nitrogens is 1. The number of carbonyl (C=O) groups is 2. The Labute approximate surface area is 122 Å². The molecule has 6 nitrogen and oxygen atoms in total. The number of hydrazine groups is 1. The van der Waals surface area contributed by atoms with E-state index in [9.17, 15) is 9.59 Å². The first-order valence-corrected chi connectivity index (χ1v) is 6.49. The maximum atomic E-state index is 11.7. The van der Waals surface area contributed by atoms with E-state index in [1.807, 2.05) is 18.2 Å². The fourth-order valence-corrected chi connectivity index (χ4v) is 1.71. The molecule has 0 spiro atoms. The first-order valence-electron chi connectivity index (χ1n) is 6.49. The Morgan fingerprint density at radius 2 is 1.71 bits per heavy atom. The minimum Gasteiger partial charge on any atom is -0.329 e. The van der Waals surface area contributed by atoms with E-state index in [2.05, 4.69) is 21.2 Å². The largest absolute Gasteiger partial charge is 0.334 e. The summed E-state index contributed by atoms with van der Waals surface area (Å²) in [5.74, 6) is -0.378. The first-order chi connectivity index (χ1) is 10.2. The van der Waals surface area contributed by atoms with Crippen molar-refractivity contribution in [1.29, 1.82) is 0 Å². The van der Waals surface area contributed by atoms with E-state index in [0.717, 1.165) is 5.69 Å². The molecule has 1 heterocycles. The lowest BCUT2D eigenvalue weighted by atomic mass is 10.2. The molecule has 6 heteroatoms. The van der Waals surface area contributed by atoms with Gasteiger partial charge in [0.2, 0.25) is 0 Å². The van der Waals surface area contributed by atoms with E-state index >= 15 is 0 Å². The molecule has 3 amide bonds. The molecule has 0 saturated carbocycles. The van der Waals surface area contributed by atoms with Gasteiger partial charge in [-0.15, -0.1) is 0 Å². The van der Waals surface area contributed by atoms with Gasteiger partial charge in [0.05, 0.1) is 11.7 Å². The van der Waals surface area contributed by atoms with E-state index in [0.29, 0.717) is 5.56 Å². The Kier molecular flexibility index (Phi) is 4.87. The number of nitrogens with zero attached hydrogens (tertiary/aromatic N) is 1. The summed E-state index contributed by atoms with van der Waals surface area (Å²) in [5.41, 5.74) is 5.84. The summed E-state index contributed by atoms with van der Waals surface area (Å²) in [6, 6.07) is 13.3. The summed E-state index contributed by atoms with van der Waals surface area (Å²) in [4.78, 5) is 27.6. The lowest BCUT2D eigenvalue weighted by Gasteiger charge is -2.14. The zero-order valence-corrected chi connectivity index (χ0v) is 11.5. The van der Waals surface area contributed by atoms with Crippen LogP contribution < -0.4 is 16.2 Å². The van der Waals surface area contributed by atoms with Gasteiger partial charge in [0.15, 0.2) is 0 Å². The molecule has 2 aromatic rings. The molecular formula is C15H16N4O2. The number of rotatable bonds is 3. The zero-order chi connectivity index (χ0) is 15.1. The molecule has 0 aliphatic heterocycles. The molecule has 108 valence electrons. The molecule has 1 atom stereocenters. The van der Waals surface area contributed by atoms with Crippen LogP contribution in [0.1, 0.15) is 29.0 Å². The van der Waals surface area contributed by atoms with Crippen molar-refractivity contribution < 1.29 is 9.59 Å². The molecule has 2 rings (SSSR count). The van der Waals surface area contributed by atoms with E-state index in [-0.39, 0.29) is 11.9 Å². The predicted octanol–water partition coefficient (Wildman–Crippen LogP) is 1.79. The summed E-state index contributed by atoms with van der Waals surface area (Å²) in [5, 5.41) is 2.68. The zero-order valence-electron chi connectivity index (χ0n) is 11.5. The number of amides is 3. The van der Waals surface area contributed by atoms with Crippen molar-refractivity contribution in [3.63, 3.8) is 0 Å². The minimum absolute atomic E-state index is 0.264. The second-order valence-electron chi connectivity index (χ2n) is 4.39. The molecule has 21 heavy (non-hydrogen) atoms. The Balaban J connectivity index is 1.81. The maximum Gasteiger partial charge on any atom is 0.334 e. The van der Waals surface area contributed by atoms with Gasteiger partial charge in [0.25, 0.3) is 5.91 Å². The van der Waals surface area contributed by atoms with Crippen LogP contribution in [-0.4, -0.2) is 16.9 Å². The van der Waals surface area contributed by atoms with Crippen LogP contribution in [0.3, 0.4) is 0 Å².